The van der Waals surface area contributed by atoms with Crippen LogP contribution >= 0.6 is 0 Å². The van der Waals surface area contributed by atoms with Gasteiger partial charge in [0.1, 0.15) is 0 Å². The van der Waals surface area contributed by atoms with Crippen LogP contribution in [0.15, 0.2) is 58.8 Å². The summed E-state index contributed by atoms with van der Waals surface area (Å²) in [5.41, 5.74) is 5.91. The number of benzene rings is 2. The molecule has 2 heterocycles. The summed E-state index contributed by atoms with van der Waals surface area (Å²) in [6, 6.07) is 15.8. The minimum Gasteiger partial charge on any atom is -0.383 e. The van der Waals surface area contributed by atoms with Crippen molar-refractivity contribution in [2.75, 3.05) is 20.3 Å². The number of aryl methyl sites for hydroxylation is 2. The molecule has 2 amide bonds. The van der Waals surface area contributed by atoms with E-state index in [-0.39, 0.29) is 6.03 Å². The predicted molar refractivity (Wildman–Crippen MR) is 127 cm³/mol. The maximum atomic E-state index is 12.9. The number of amides is 2. The number of aromatic nitrogens is 2. The van der Waals surface area contributed by atoms with Gasteiger partial charge in [0.25, 0.3) is 5.89 Å². The van der Waals surface area contributed by atoms with Crippen molar-refractivity contribution >= 4 is 11.6 Å². The van der Waals surface area contributed by atoms with E-state index in [0.29, 0.717) is 24.9 Å². The largest absolute Gasteiger partial charge is 0.383 e. The molecule has 1 aromatic heterocycles. The van der Waals surface area contributed by atoms with Gasteiger partial charge in [0.15, 0.2) is 0 Å². The monoisotopic (exact) mass is 446 g/mol. The Morgan fingerprint density at radius 2 is 1.67 bits per heavy atom. The number of nitrogens with one attached hydrogen (secondary N) is 1. The van der Waals surface area contributed by atoms with Crippen LogP contribution in [-0.2, 0) is 17.6 Å². The molecule has 1 unspecified atom stereocenters. The van der Waals surface area contributed by atoms with Gasteiger partial charge in [0.2, 0.25) is 5.82 Å². The highest BCUT2D eigenvalue weighted by atomic mass is 16.5. The summed E-state index contributed by atoms with van der Waals surface area (Å²) >= 11 is 0. The summed E-state index contributed by atoms with van der Waals surface area (Å²) in [4.78, 5) is 19.3. The first-order valence-electron chi connectivity index (χ1n) is 11.4. The summed E-state index contributed by atoms with van der Waals surface area (Å²) in [5, 5.41) is 7.36. The summed E-state index contributed by atoms with van der Waals surface area (Å²) in [7, 11) is 1.62. The number of hydrogen-bond donors (Lipinski definition) is 1. The van der Waals surface area contributed by atoms with Crippen molar-refractivity contribution < 1.29 is 14.1 Å². The third kappa shape index (κ3) is 4.68. The lowest BCUT2D eigenvalue weighted by Gasteiger charge is -2.35. The number of methoxy groups -OCH3 is 1. The number of nitrogens with zero attached hydrogens (tertiary/aromatic N) is 3. The molecule has 172 valence electrons. The van der Waals surface area contributed by atoms with E-state index >= 15 is 0 Å². The van der Waals surface area contributed by atoms with E-state index in [4.69, 9.17) is 14.2 Å². The summed E-state index contributed by atoms with van der Waals surface area (Å²) < 4.78 is 10.9. The highest BCUT2D eigenvalue weighted by Gasteiger charge is 2.35. The molecule has 1 N–H and O–H groups in total. The molecule has 0 saturated heterocycles. The van der Waals surface area contributed by atoms with Gasteiger partial charge in [-0.15, -0.1) is 0 Å². The fraction of sp³-hybridized carbons (Fsp3) is 0.346. The quantitative estimate of drug-likeness (QED) is 0.526. The minimum absolute atomic E-state index is 0.173. The van der Waals surface area contributed by atoms with Gasteiger partial charge >= 0.3 is 6.03 Å². The van der Waals surface area contributed by atoms with Crippen LogP contribution in [-0.4, -0.2) is 41.3 Å². The van der Waals surface area contributed by atoms with Crippen LogP contribution in [0.2, 0.25) is 0 Å². The van der Waals surface area contributed by atoms with Gasteiger partial charge < -0.3 is 14.6 Å². The zero-order valence-electron chi connectivity index (χ0n) is 19.6. The van der Waals surface area contributed by atoms with Crippen molar-refractivity contribution in [2.24, 2.45) is 0 Å². The molecule has 3 aromatic rings. The van der Waals surface area contributed by atoms with Gasteiger partial charge in [-0.2, -0.15) is 4.98 Å². The van der Waals surface area contributed by atoms with Crippen molar-refractivity contribution in [3.8, 4) is 11.4 Å². The average Bonchev–Trinajstić information content (AvgIpc) is 3.33. The molecular formula is C26H30N4O3. The Morgan fingerprint density at radius 1 is 1.03 bits per heavy atom. The van der Waals surface area contributed by atoms with Gasteiger partial charge in [0.05, 0.1) is 24.8 Å². The van der Waals surface area contributed by atoms with E-state index in [1.807, 2.05) is 31.2 Å². The summed E-state index contributed by atoms with van der Waals surface area (Å²) in [6.07, 6.45) is 1.92. The van der Waals surface area contributed by atoms with Crippen molar-refractivity contribution in [1.29, 1.82) is 0 Å². The Morgan fingerprint density at radius 3 is 2.27 bits per heavy atom. The highest BCUT2D eigenvalue weighted by Crippen LogP contribution is 2.37. The van der Waals surface area contributed by atoms with Crippen LogP contribution in [0.25, 0.3) is 17.0 Å². The molecule has 7 heteroatoms. The van der Waals surface area contributed by atoms with Gasteiger partial charge in [0, 0.05) is 18.4 Å². The Kier molecular flexibility index (Phi) is 6.89. The summed E-state index contributed by atoms with van der Waals surface area (Å²) in [6.45, 7) is 7.01. The highest BCUT2D eigenvalue weighted by molar-refractivity contribution is 5.86. The van der Waals surface area contributed by atoms with E-state index in [1.165, 1.54) is 11.1 Å². The maximum absolute atomic E-state index is 12.9. The number of ether oxygens (including phenoxy) is 1. The Hall–Kier alpha value is -3.45. The van der Waals surface area contributed by atoms with E-state index in [0.717, 1.165) is 35.2 Å². The Balaban J connectivity index is 1.76. The first-order chi connectivity index (χ1) is 16.0. The second-order valence-corrected chi connectivity index (χ2v) is 8.09. The van der Waals surface area contributed by atoms with Crippen LogP contribution < -0.4 is 5.32 Å². The van der Waals surface area contributed by atoms with E-state index in [1.54, 1.807) is 12.0 Å². The Bertz CT molecular complexity index is 1130. The molecule has 33 heavy (non-hydrogen) atoms. The molecule has 2 aromatic carbocycles. The number of rotatable bonds is 8. The van der Waals surface area contributed by atoms with Crippen molar-refractivity contribution in [3.05, 3.63) is 76.8 Å². The van der Waals surface area contributed by atoms with E-state index in [2.05, 4.69) is 48.6 Å². The SMILES string of the molecule is CCc1ccc(-c2noc(C3=C(C)N(CCOC)C(=O)NC3c3ccc(CC)cc3)n2)cc1. The first-order valence-corrected chi connectivity index (χ1v) is 11.4. The number of urea groups is 1. The molecule has 0 bridgehead atoms. The number of carbonyl (C=O) groups is 1. The zero-order valence-corrected chi connectivity index (χ0v) is 19.6. The third-order valence-corrected chi connectivity index (χ3v) is 6.11. The molecule has 0 spiro atoms. The van der Waals surface area contributed by atoms with Crippen LogP contribution in [0.5, 0.6) is 0 Å². The molecule has 1 aliphatic heterocycles. The van der Waals surface area contributed by atoms with Crippen LogP contribution in [0.3, 0.4) is 0 Å². The molecule has 0 fully saturated rings. The zero-order chi connectivity index (χ0) is 23.4. The smallest absolute Gasteiger partial charge is 0.322 e. The van der Waals surface area contributed by atoms with Gasteiger partial charge in [-0.25, -0.2) is 4.79 Å². The fourth-order valence-corrected chi connectivity index (χ4v) is 4.05. The van der Waals surface area contributed by atoms with Crippen molar-refractivity contribution in [3.63, 3.8) is 0 Å². The molecule has 0 saturated carbocycles. The topological polar surface area (TPSA) is 80.5 Å². The van der Waals surface area contributed by atoms with Gasteiger partial charge in [-0.1, -0.05) is 67.5 Å². The molecule has 1 aliphatic rings. The molecule has 1 atom stereocenters. The number of allylic oxidation sites excluding steroid dienone is 1. The van der Waals surface area contributed by atoms with Crippen LogP contribution in [0, 0.1) is 0 Å². The first kappa shape index (κ1) is 22.7. The second kappa shape index (κ2) is 10.0. The molecule has 7 nitrogen and oxygen atoms in total. The standard InChI is InChI=1S/C26H30N4O3/c1-5-18-7-11-20(12-8-18)23-22(17(3)30(15-16-32-4)26(31)27-23)25-28-24(29-33-25)21-13-9-19(6-2)10-14-21/h7-14,23H,5-6,15-16H2,1-4H3,(H,27,31). The predicted octanol–water partition coefficient (Wildman–Crippen LogP) is 5.01. The molecule has 0 aliphatic carbocycles. The van der Waals surface area contributed by atoms with Gasteiger partial charge in [-0.3, -0.25) is 4.90 Å². The van der Waals surface area contributed by atoms with Crippen LogP contribution in [0.1, 0.15) is 49.4 Å². The average molecular weight is 447 g/mol. The van der Waals surface area contributed by atoms with Crippen LogP contribution in [0.4, 0.5) is 4.79 Å². The fourth-order valence-electron chi connectivity index (χ4n) is 4.05. The van der Waals surface area contributed by atoms with Crippen molar-refractivity contribution in [1.82, 2.24) is 20.4 Å². The third-order valence-electron chi connectivity index (χ3n) is 6.11. The second-order valence-electron chi connectivity index (χ2n) is 8.09. The lowest BCUT2D eigenvalue weighted by atomic mass is 9.93. The summed E-state index contributed by atoms with van der Waals surface area (Å²) in [5.74, 6) is 0.919. The van der Waals surface area contributed by atoms with Gasteiger partial charge in [-0.05, 0) is 36.5 Å². The van der Waals surface area contributed by atoms with Crippen molar-refractivity contribution in [2.45, 2.75) is 39.7 Å². The molecule has 4 rings (SSSR count). The van der Waals surface area contributed by atoms with E-state index in [9.17, 15) is 4.79 Å². The minimum atomic E-state index is -0.391. The normalized spacial score (nSPS) is 16.3. The lowest BCUT2D eigenvalue weighted by Crippen LogP contribution is -2.47. The lowest BCUT2D eigenvalue weighted by molar-refractivity contribution is 0.158. The molecular weight excluding hydrogens is 416 g/mol. The Labute approximate surface area is 194 Å². The van der Waals surface area contributed by atoms with E-state index < -0.39 is 6.04 Å². The number of hydrogen-bond acceptors (Lipinski definition) is 5. The maximum Gasteiger partial charge on any atom is 0.322 e. The number of carbonyl (C=O) groups excluding carboxylic acids is 1. The molecule has 0 radical (unpaired) electrons.